The average molecular weight is 376 g/mol. The average Bonchev–Trinajstić information content (AvgIpc) is 2.66. The molecule has 2 aromatic rings. The van der Waals surface area contributed by atoms with Crippen LogP contribution >= 0.6 is 0 Å². The van der Waals surface area contributed by atoms with E-state index in [1.807, 2.05) is 0 Å². The van der Waals surface area contributed by atoms with E-state index >= 15 is 0 Å². The number of nitrogens with two attached hydrogens (primary N) is 1. The van der Waals surface area contributed by atoms with E-state index in [1.54, 1.807) is 13.8 Å². The molecule has 0 bridgehead atoms. The van der Waals surface area contributed by atoms with Gasteiger partial charge in [-0.1, -0.05) is 0 Å². The van der Waals surface area contributed by atoms with Crippen molar-refractivity contribution in [3.8, 4) is 0 Å². The van der Waals surface area contributed by atoms with Crippen molar-refractivity contribution in [2.45, 2.75) is 20.4 Å². The Kier molecular flexibility index (Phi) is 5.84. The number of hydrogen-bond donors (Lipinski definition) is 1. The van der Waals surface area contributed by atoms with Gasteiger partial charge in [0.1, 0.15) is 0 Å². The van der Waals surface area contributed by atoms with Crippen LogP contribution in [0.4, 0.5) is 5.69 Å². The van der Waals surface area contributed by atoms with Crippen molar-refractivity contribution < 1.29 is 28.6 Å². The number of benzene rings is 1. The van der Waals surface area contributed by atoms with Gasteiger partial charge in [-0.15, -0.1) is 0 Å². The summed E-state index contributed by atoms with van der Waals surface area (Å²) in [7, 11) is 2.25. The van der Waals surface area contributed by atoms with Crippen molar-refractivity contribution in [2.75, 3.05) is 26.6 Å². The number of carbonyl (C=O) groups excluding carboxylic acids is 3. The monoisotopic (exact) mass is 376 g/mol. The van der Waals surface area contributed by atoms with Crippen LogP contribution in [0.3, 0.4) is 0 Å². The molecule has 0 saturated carbocycles. The Balaban J connectivity index is 3.07. The summed E-state index contributed by atoms with van der Waals surface area (Å²) >= 11 is 0. The number of pyridine rings is 1. The molecule has 0 saturated heterocycles. The van der Waals surface area contributed by atoms with Crippen molar-refractivity contribution in [1.82, 2.24) is 4.57 Å². The van der Waals surface area contributed by atoms with Gasteiger partial charge in [-0.25, -0.2) is 14.4 Å². The van der Waals surface area contributed by atoms with E-state index in [0.717, 1.165) is 14.2 Å². The normalized spacial score (nSPS) is 10.5. The minimum absolute atomic E-state index is 0.0431. The van der Waals surface area contributed by atoms with Gasteiger partial charge in [0, 0.05) is 18.1 Å². The summed E-state index contributed by atoms with van der Waals surface area (Å²) in [6.07, 6.45) is 1.33. The molecule has 9 nitrogen and oxygen atoms in total. The Morgan fingerprint density at radius 2 is 1.67 bits per heavy atom. The fourth-order valence-electron chi connectivity index (χ4n) is 2.77. The lowest BCUT2D eigenvalue weighted by atomic mass is 9.96. The van der Waals surface area contributed by atoms with E-state index in [9.17, 15) is 19.2 Å². The lowest BCUT2D eigenvalue weighted by Gasteiger charge is -2.16. The minimum Gasteiger partial charge on any atom is -0.465 e. The first-order valence-corrected chi connectivity index (χ1v) is 8.15. The Morgan fingerprint density at radius 3 is 2.19 bits per heavy atom. The molecular formula is C18H20N2O7. The second-order valence-electron chi connectivity index (χ2n) is 5.47. The maximum absolute atomic E-state index is 12.8. The van der Waals surface area contributed by atoms with Crippen molar-refractivity contribution in [3.63, 3.8) is 0 Å². The number of nitrogens with zero attached hydrogens (tertiary/aromatic N) is 1. The van der Waals surface area contributed by atoms with Crippen LogP contribution < -0.4 is 11.3 Å². The number of anilines is 1. The van der Waals surface area contributed by atoms with Gasteiger partial charge in [0.05, 0.1) is 48.6 Å². The van der Waals surface area contributed by atoms with Gasteiger partial charge in [-0.3, -0.25) is 4.79 Å². The van der Waals surface area contributed by atoms with Crippen molar-refractivity contribution in [3.05, 3.63) is 39.3 Å². The van der Waals surface area contributed by atoms with Crippen LogP contribution in [0.5, 0.6) is 0 Å². The summed E-state index contributed by atoms with van der Waals surface area (Å²) < 4.78 is 15.7. The molecule has 0 amide bonds. The standard InChI is InChI=1S/C18H20N2O7/c1-5-20-8-11(17(23)27-6-2)9-7-10(16(22)25-3)13(18(24)26-4)14(19)12(9)15(20)21/h7-8H,5-6,19H2,1-4H3. The zero-order chi connectivity index (χ0) is 20.3. The largest absolute Gasteiger partial charge is 0.465 e. The number of methoxy groups -OCH3 is 2. The molecule has 1 heterocycles. The number of esters is 3. The third-order valence-corrected chi connectivity index (χ3v) is 4.05. The first kappa shape index (κ1) is 20.0. The smallest absolute Gasteiger partial charge is 0.340 e. The maximum atomic E-state index is 12.8. The third-order valence-electron chi connectivity index (χ3n) is 4.05. The molecule has 0 fully saturated rings. The van der Waals surface area contributed by atoms with Gasteiger partial charge in [0.15, 0.2) is 0 Å². The van der Waals surface area contributed by atoms with Crippen molar-refractivity contribution in [2.24, 2.45) is 0 Å². The predicted molar refractivity (Wildman–Crippen MR) is 96.9 cm³/mol. The number of rotatable bonds is 5. The SMILES string of the molecule is CCOC(=O)c1cn(CC)c(=O)c2c(N)c(C(=O)OC)c(C(=O)OC)cc12. The highest BCUT2D eigenvalue weighted by Gasteiger charge is 2.28. The number of aryl methyl sites for hydroxylation is 1. The molecule has 0 unspecified atom stereocenters. The summed E-state index contributed by atoms with van der Waals surface area (Å²) in [5, 5.41) is 0.0177. The molecule has 0 aliphatic rings. The van der Waals surface area contributed by atoms with E-state index in [4.69, 9.17) is 15.2 Å². The van der Waals surface area contributed by atoms with Gasteiger partial charge in [-0.05, 0) is 19.9 Å². The number of ether oxygens (including phenoxy) is 3. The molecule has 0 spiro atoms. The maximum Gasteiger partial charge on any atom is 0.340 e. The van der Waals surface area contributed by atoms with E-state index in [0.29, 0.717) is 0 Å². The highest BCUT2D eigenvalue weighted by molar-refractivity contribution is 6.17. The molecule has 9 heteroatoms. The second-order valence-corrected chi connectivity index (χ2v) is 5.47. The fourth-order valence-corrected chi connectivity index (χ4v) is 2.77. The van der Waals surface area contributed by atoms with E-state index in [1.165, 1.54) is 16.8 Å². The first-order valence-electron chi connectivity index (χ1n) is 8.15. The molecule has 0 aliphatic heterocycles. The van der Waals surface area contributed by atoms with Crippen LogP contribution in [0, 0.1) is 0 Å². The number of fused-ring (bicyclic) bond motifs is 1. The van der Waals surface area contributed by atoms with Crippen LogP contribution in [0.1, 0.15) is 44.9 Å². The van der Waals surface area contributed by atoms with E-state index in [-0.39, 0.29) is 46.3 Å². The topological polar surface area (TPSA) is 127 Å². The van der Waals surface area contributed by atoms with Gasteiger partial charge < -0.3 is 24.5 Å². The summed E-state index contributed by atoms with van der Waals surface area (Å²) in [5.74, 6) is -2.46. The molecule has 1 aromatic heterocycles. The summed E-state index contributed by atoms with van der Waals surface area (Å²) in [4.78, 5) is 49.6. The van der Waals surface area contributed by atoms with Crippen molar-refractivity contribution in [1.29, 1.82) is 0 Å². The number of nitrogen functional groups attached to an aromatic ring is 1. The third kappa shape index (κ3) is 3.35. The van der Waals surface area contributed by atoms with Crippen LogP contribution in [-0.4, -0.2) is 43.3 Å². The van der Waals surface area contributed by atoms with Gasteiger partial charge in [0.25, 0.3) is 5.56 Å². The minimum atomic E-state index is -0.904. The quantitative estimate of drug-likeness (QED) is 0.471. The van der Waals surface area contributed by atoms with Gasteiger partial charge in [0.2, 0.25) is 0 Å². The Hall–Kier alpha value is -3.36. The molecule has 2 N–H and O–H groups in total. The Labute approximate surface area is 154 Å². The Morgan fingerprint density at radius 1 is 1.04 bits per heavy atom. The Bertz CT molecular complexity index is 992. The van der Waals surface area contributed by atoms with Crippen LogP contribution in [0.25, 0.3) is 10.8 Å². The zero-order valence-corrected chi connectivity index (χ0v) is 15.5. The van der Waals surface area contributed by atoms with E-state index < -0.39 is 23.5 Å². The predicted octanol–water partition coefficient (Wildman–Crippen LogP) is 1.35. The molecule has 27 heavy (non-hydrogen) atoms. The van der Waals surface area contributed by atoms with Crippen molar-refractivity contribution >= 4 is 34.4 Å². The molecule has 2 rings (SSSR count). The van der Waals surface area contributed by atoms with Gasteiger partial charge >= 0.3 is 17.9 Å². The highest BCUT2D eigenvalue weighted by atomic mass is 16.5. The molecule has 0 atom stereocenters. The summed E-state index contributed by atoms with van der Waals surface area (Å²) in [6, 6.07) is 1.22. The second kappa shape index (κ2) is 7.90. The lowest BCUT2D eigenvalue weighted by molar-refractivity contribution is 0.0526. The van der Waals surface area contributed by atoms with Crippen LogP contribution in [0.2, 0.25) is 0 Å². The van der Waals surface area contributed by atoms with E-state index in [2.05, 4.69) is 4.74 Å². The number of carbonyl (C=O) groups is 3. The van der Waals surface area contributed by atoms with Crippen LogP contribution in [0.15, 0.2) is 17.1 Å². The summed E-state index contributed by atoms with van der Waals surface area (Å²) in [5.41, 5.74) is 4.84. The highest BCUT2D eigenvalue weighted by Crippen LogP contribution is 2.30. The molecule has 0 radical (unpaired) electrons. The van der Waals surface area contributed by atoms with Gasteiger partial charge in [-0.2, -0.15) is 0 Å². The van der Waals surface area contributed by atoms with Crippen LogP contribution in [-0.2, 0) is 20.8 Å². The first-order chi connectivity index (χ1) is 12.8. The molecule has 144 valence electrons. The lowest BCUT2D eigenvalue weighted by Crippen LogP contribution is -2.25. The fraction of sp³-hybridized carbons (Fsp3) is 0.333. The molecular weight excluding hydrogens is 356 g/mol. The number of aromatic nitrogens is 1. The molecule has 1 aromatic carbocycles. The molecule has 0 aliphatic carbocycles. The summed E-state index contributed by atoms with van der Waals surface area (Å²) in [6.45, 7) is 3.72. The zero-order valence-electron chi connectivity index (χ0n) is 15.5. The number of hydrogen-bond acceptors (Lipinski definition) is 8.